The van der Waals surface area contributed by atoms with E-state index in [0.29, 0.717) is 10.9 Å². The Balaban J connectivity index is 2.97. The Kier molecular flexibility index (Phi) is 2.28. The fourth-order valence-corrected chi connectivity index (χ4v) is 1.76. The second-order valence-electron chi connectivity index (χ2n) is 3.36. The average Bonchev–Trinajstić information content (AvgIpc) is 2.23. The van der Waals surface area contributed by atoms with Crippen LogP contribution in [0.5, 0.6) is 0 Å². The molecule has 0 aliphatic carbocycles. The quantitative estimate of drug-likeness (QED) is 0.731. The lowest BCUT2D eigenvalue weighted by Crippen LogP contribution is -2.22. The number of fused-ring (bicyclic) bond motifs is 1. The van der Waals surface area contributed by atoms with E-state index in [4.69, 9.17) is 18.0 Å². The molecule has 0 saturated heterocycles. The summed E-state index contributed by atoms with van der Waals surface area (Å²) in [5, 5.41) is 0.644. The van der Waals surface area contributed by atoms with Crippen LogP contribution in [-0.2, 0) is 7.05 Å². The van der Waals surface area contributed by atoms with Gasteiger partial charge in [-0.3, -0.25) is 4.79 Å². The van der Waals surface area contributed by atoms with Crippen molar-refractivity contribution >= 4 is 28.1 Å². The molecule has 2 N–H and O–H groups in total. The van der Waals surface area contributed by atoms with Crippen LogP contribution in [0, 0.1) is 0 Å². The van der Waals surface area contributed by atoms with Gasteiger partial charge in [-0.15, -0.1) is 0 Å². The van der Waals surface area contributed by atoms with E-state index in [9.17, 15) is 4.79 Å². The molecule has 0 fully saturated rings. The van der Waals surface area contributed by atoms with E-state index in [0.717, 1.165) is 5.52 Å². The summed E-state index contributed by atoms with van der Waals surface area (Å²) in [5.41, 5.74) is 6.66. The highest BCUT2D eigenvalue weighted by atomic mass is 32.1. The second-order valence-corrected chi connectivity index (χ2v) is 3.80. The Bertz CT molecular complexity index is 601. The number of nitrogens with zero attached hydrogens (tertiary/aromatic N) is 1. The van der Waals surface area contributed by atoms with Crippen molar-refractivity contribution in [2.75, 3.05) is 0 Å². The monoisotopic (exact) mass is 218 g/mol. The third-order valence-corrected chi connectivity index (χ3v) is 2.58. The van der Waals surface area contributed by atoms with Crippen LogP contribution in [0.25, 0.3) is 10.9 Å². The first-order chi connectivity index (χ1) is 7.11. The molecule has 0 atom stereocenters. The summed E-state index contributed by atoms with van der Waals surface area (Å²) in [6.45, 7) is 0. The Hall–Kier alpha value is -1.68. The Morgan fingerprint density at radius 1 is 1.40 bits per heavy atom. The van der Waals surface area contributed by atoms with Crippen LogP contribution in [0.4, 0.5) is 0 Å². The summed E-state index contributed by atoms with van der Waals surface area (Å²) in [6.07, 6.45) is 1.67. The lowest BCUT2D eigenvalue weighted by molar-refractivity contribution is 0.948. The van der Waals surface area contributed by atoms with E-state index < -0.39 is 0 Å². The van der Waals surface area contributed by atoms with Crippen molar-refractivity contribution in [1.29, 1.82) is 0 Å². The molecular weight excluding hydrogens is 208 g/mol. The molecule has 0 spiro atoms. The molecule has 0 unspecified atom stereocenters. The number of thiocarbonyl (C=S) groups is 1. The molecule has 0 aliphatic heterocycles. The lowest BCUT2D eigenvalue weighted by Gasteiger charge is -2.07. The molecule has 76 valence electrons. The molecule has 1 aromatic carbocycles. The summed E-state index contributed by atoms with van der Waals surface area (Å²) in [4.78, 5) is 12.1. The van der Waals surface area contributed by atoms with E-state index >= 15 is 0 Å². The van der Waals surface area contributed by atoms with E-state index in [1.54, 1.807) is 12.3 Å². The fraction of sp³-hybridized carbons (Fsp3) is 0.0909. The van der Waals surface area contributed by atoms with E-state index in [2.05, 4.69) is 0 Å². The Morgan fingerprint density at radius 3 is 2.73 bits per heavy atom. The van der Waals surface area contributed by atoms with Gasteiger partial charge in [0.25, 0.3) is 0 Å². The van der Waals surface area contributed by atoms with Gasteiger partial charge in [0.15, 0.2) is 5.43 Å². The van der Waals surface area contributed by atoms with Crippen molar-refractivity contribution in [3.63, 3.8) is 0 Å². The Labute approximate surface area is 92.1 Å². The molecule has 3 nitrogen and oxygen atoms in total. The maximum absolute atomic E-state index is 11.9. The van der Waals surface area contributed by atoms with Gasteiger partial charge in [-0.05, 0) is 12.1 Å². The predicted octanol–water partition coefficient (Wildman–Crippen LogP) is 1.17. The van der Waals surface area contributed by atoms with Gasteiger partial charge in [0.05, 0.1) is 11.1 Å². The first-order valence-corrected chi connectivity index (χ1v) is 4.90. The third kappa shape index (κ3) is 1.53. The normalized spacial score (nSPS) is 10.5. The van der Waals surface area contributed by atoms with Gasteiger partial charge in [0.2, 0.25) is 0 Å². The topological polar surface area (TPSA) is 48.0 Å². The predicted molar refractivity (Wildman–Crippen MR) is 65.1 cm³/mol. The van der Waals surface area contributed by atoms with Crippen LogP contribution in [0.3, 0.4) is 0 Å². The van der Waals surface area contributed by atoms with Crippen molar-refractivity contribution in [2.24, 2.45) is 12.8 Å². The number of hydrogen-bond acceptors (Lipinski definition) is 2. The summed E-state index contributed by atoms with van der Waals surface area (Å²) in [7, 11) is 1.86. The summed E-state index contributed by atoms with van der Waals surface area (Å²) in [6, 6.07) is 7.38. The average molecular weight is 218 g/mol. The smallest absolute Gasteiger partial charge is 0.199 e. The molecule has 0 bridgehead atoms. The number of aromatic nitrogens is 1. The van der Waals surface area contributed by atoms with E-state index in [-0.39, 0.29) is 10.4 Å². The summed E-state index contributed by atoms with van der Waals surface area (Å²) < 4.78 is 1.85. The molecular formula is C11H10N2OS. The van der Waals surface area contributed by atoms with E-state index in [1.807, 2.05) is 29.8 Å². The minimum atomic E-state index is -0.101. The number of rotatable bonds is 1. The van der Waals surface area contributed by atoms with Crippen molar-refractivity contribution in [3.8, 4) is 0 Å². The maximum Gasteiger partial charge on any atom is 0.199 e. The van der Waals surface area contributed by atoms with Crippen molar-refractivity contribution in [3.05, 3.63) is 46.2 Å². The fourth-order valence-electron chi connectivity index (χ4n) is 1.62. The highest BCUT2D eigenvalue weighted by Crippen LogP contribution is 2.09. The molecule has 1 heterocycles. The van der Waals surface area contributed by atoms with Crippen LogP contribution >= 0.6 is 12.2 Å². The summed E-state index contributed by atoms with van der Waals surface area (Å²) in [5.74, 6) is 0. The number of pyridine rings is 1. The standard InChI is InChI=1S/C11H10N2OS/c1-13-6-8(11(12)15)10(14)7-4-2-3-5-9(7)13/h2-6H,1H3,(H2,12,15). The molecule has 0 aliphatic rings. The van der Waals surface area contributed by atoms with Crippen LogP contribution in [0.2, 0.25) is 0 Å². The molecule has 0 radical (unpaired) electrons. The van der Waals surface area contributed by atoms with Crippen molar-refractivity contribution in [2.45, 2.75) is 0 Å². The van der Waals surface area contributed by atoms with Gasteiger partial charge < -0.3 is 10.3 Å². The zero-order valence-corrected chi connectivity index (χ0v) is 9.04. The van der Waals surface area contributed by atoms with Gasteiger partial charge in [-0.25, -0.2) is 0 Å². The first-order valence-electron chi connectivity index (χ1n) is 4.49. The van der Waals surface area contributed by atoms with Gasteiger partial charge in [0, 0.05) is 18.6 Å². The minimum absolute atomic E-state index is 0.101. The molecule has 1 aromatic heterocycles. The van der Waals surface area contributed by atoms with E-state index in [1.165, 1.54) is 0 Å². The zero-order valence-electron chi connectivity index (χ0n) is 8.23. The SMILES string of the molecule is Cn1cc(C(N)=S)c(=O)c2ccccc21. The van der Waals surface area contributed by atoms with Crippen LogP contribution in [0.15, 0.2) is 35.3 Å². The second kappa shape index (κ2) is 3.47. The molecule has 0 saturated carbocycles. The number of aryl methyl sites for hydroxylation is 1. The maximum atomic E-state index is 11.9. The third-order valence-electron chi connectivity index (χ3n) is 2.36. The molecule has 2 rings (SSSR count). The number of nitrogens with two attached hydrogens (primary N) is 1. The molecule has 2 aromatic rings. The van der Waals surface area contributed by atoms with Crippen molar-refractivity contribution < 1.29 is 0 Å². The van der Waals surface area contributed by atoms with Crippen LogP contribution in [0.1, 0.15) is 5.56 Å². The van der Waals surface area contributed by atoms with Gasteiger partial charge >= 0.3 is 0 Å². The number of para-hydroxylation sites is 1. The molecule has 15 heavy (non-hydrogen) atoms. The van der Waals surface area contributed by atoms with Crippen molar-refractivity contribution in [1.82, 2.24) is 4.57 Å². The lowest BCUT2D eigenvalue weighted by atomic mass is 10.1. The summed E-state index contributed by atoms with van der Waals surface area (Å²) >= 11 is 4.84. The van der Waals surface area contributed by atoms with Crippen LogP contribution in [-0.4, -0.2) is 9.56 Å². The minimum Gasteiger partial charge on any atom is -0.389 e. The Morgan fingerprint density at radius 2 is 2.07 bits per heavy atom. The van der Waals surface area contributed by atoms with Gasteiger partial charge in [0.1, 0.15) is 4.99 Å². The molecule has 4 heteroatoms. The van der Waals surface area contributed by atoms with Gasteiger partial charge in [-0.1, -0.05) is 24.4 Å². The highest BCUT2D eigenvalue weighted by Gasteiger charge is 2.08. The molecule has 0 amide bonds. The highest BCUT2D eigenvalue weighted by molar-refractivity contribution is 7.80. The first kappa shape index (κ1) is 9.86. The number of benzene rings is 1. The van der Waals surface area contributed by atoms with Gasteiger partial charge in [-0.2, -0.15) is 0 Å². The largest absolute Gasteiger partial charge is 0.389 e. The van der Waals surface area contributed by atoms with Crippen LogP contribution < -0.4 is 11.2 Å². The number of hydrogen-bond donors (Lipinski definition) is 1. The zero-order chi connectivity index (χ0) is 11.0.